The van der Waals surface area contributed by atoms with Crippen LogP contribution in [0.25, 0.3) is 0 Å². The maximum atomic E-state index is 6.70. The molecular formula is C27H28O2Se. The van der Waals surface area contributed by atoms with Crippen molar-refractivity contribution in [1.29, 1.82) is 0 Å². The molecule has 0 aromatic heterocycles. The number of rotatable bonds is 9. The molecule has 1 aliphatic rings. The van der Waals surface area contributed by atoms with E-state index in [9.17, 15) is 0 Å². The molecule has 0 radical (unpaired) electrons. The summed E-state index contributed by atoms with van der Waals surface area (Å²) in [7, 11) is 0. The minimum atomic E-state index is -0.0146. The topological polar surface area (TPSA) is 18.5 Å². The zero-order chi connectivity index (χ0) is 20.4. The van der Waals surface area contributed by atoms with E-state index in [1.54, 1.807) is 0 Å². The van der Waals surface area contributed by atoms with Gasteiger partial charge in [0.1, 0.15) is 0 Å². The Bertz CT molecular complexity index is 896. The van der Waals surface area contributed by atoms with Crippen LogP contribution in [0.3, 0.4) is 0 Å². The Balaban J connectivity index is 1.44. The van der Waals surface area contributed by atoms with E-state index in [2.05, 4.69) is 97.1 Å². The Hall–Kier alpha value is -2.16. The van der Waals surface area contributed by atoms with Crippen LogP contribution in [-0.4, -0.2) is 27.2 Å². The van der Waals surface area contributed by atoms with E-state index in [-0.39, 0.29) is 18.3 Å². The second-order valence-electron chi connectivity index (χ2n) is 7.46. The second kappa shape index (κ2) is 11.3. The van der Waals surface area contributed by atoms with Crippen molar-refractivity contribution in [3.8, 4) is 0 Å². The summed E-state index contributed by atoms with van der Waals surface area (Å²) in [6.07, 6.45) is 6.62. The predicted octanol–water partition coefficient (Wildman–Crippen LogP) is 5.50. The molecule has 0 fully saturated rings. The molecule has 154 valence electrons. The van der Waals surface area contributed by atoms with Gasteiger partial charge in [0.25, 0.3) is 0 Å². The first-order valence-corrected chi connectivity index (χ1v) is 12.7. The molecule has 0 heterocycles. The van der Waals surface area contributed by atoms with Crippen LogP contribution in [0.1, 0.15) is 30.1 Å². The van der Waals surface area contributed by atoms with E-state index in [1.165, 1.54) is 15.6 Å². The molecule has 0 N–H and O–H groups in total. The van der Waals surface area contributed by atoms with Gasteiger partial charge in [-0.05, 0) is 0 Å². The van der Waals surface area contributed by atoms with E-state index >= 15 is 0 Å². The van der Waals surface area contributed by atoms with Crippen molar-refractivity contribution in [3.63, 3.8) is 0 Å². The number of benzene rings is 3. The number of hydrogen-bond acceptors (Lipinski definition) is 2. The monoisotopic (exact) mass is 464 g/mol. The van der Waals surface area contributed by atoms with Gasteiger partial charge in [-0.15, -0.1) is 0 Å². The van der Waals surface area contributed by atoms with Crippen molar-refractivity contribution >= 4 is 19.4 Å². The average Bonchev–Trinajstić information content (AvgIpc) is 2.83. The summed E-state index contributed by atoms with van der Waals surface area (Å²) in [6.45, 7) is 0.628. The zero-order valence-corrected chi connectivity index (χ0v) is 18.8. The van der Waals surface area contributed by atoms with Gasteiger partial charge in [-0.2, -0.15) is 0 Å². The standard InChI is InChI=1S/C27H28O2Se/c1-4-12-22(13-5-1)20-28-25-18-10-11-19-26(25)29-27(23-14-6-2-7-15-23)21-30-24-16-8-3-9-17-24/h1-9,11-17,19,25-27H,10,18,20-21H2/t25-,26+,27+/m0/s1. The van der Waals surface area contributed by atoms with E-state index < -0.39 is 0 Å². The minimum absolute atomic E-state index is 0.0146. The molecule has 3 heteroatoms. The molecule has 30 heavy (non-hydrogen) atoms. The van der Waals surface area contributed by atoms with Crippen LogP contribution in [0.5, 0.6) is 0 Å². The Morgan fingerprint density at radius 3 is 2.23 bits per heavy atom. The molecule has 0 amide bonds. The molecule has 2 nitrogen and oxygen atoms in total. The first kappa shape index (κ1) is 21.1. The molecule has 1 aliphatic carbocycles. The van der Waals surface area contributed by atoms with Gasteiger partial charge in [0.15, 0.2) is 0 Å². The molecule has 0 unspecified atom stereocenters. The second-order valence-corrected chi connectivity index (χ2v) is 9.76. The quantitative estimate of drug-likeness (QED) is 0.308. The van der Waals surface area contributed by atoms with Gasteiger partial charge in [0.2, 0.25) is 0 Å². The fraction of sp³-hybridized carbons (Fsp3) is 0.259. The van der Waals surface area contributed by atoms with Crippen LogP contribution in [0.15, 0.2) is 103 Å². The average molecular weight is 463 g/mol. The number of hydrogen-bond donors (Lipinski definition) is 0. The number of ether oxygens (including phenoxy) is 2. The van der Waals surface area contributed by atoms with Crippen molar-refractivity contribution in [3.05, 3.63) is 114 Å². The van der Waals surface area contributed by atoms with Crippen molar-refractivity contribution < 1.29 is 9.47 Å². The van der Waals surface area contributed by atoms with E-state index in [0.717, 1.165) is 18.2 Å². The summed E-state index contributed by atoms with van der Waals surface area (Å²) in [5.74, 6) is 0. The van der Waals surface area contributed by atoms with Crippen molar-refractivity contribution in [2.75, 3.05) is 0 Å². The first-order chi connectivity index (χ1) is 14.9. The number of allylic oxidation sites excluding steroid dienone is 1. The third-order valence-electron chi connectivity index (χ3n) is 5.25. The van der Waals surface area contributed by atoms with Gasteiger partial charge in [0.05, 0.1) is 0 Å². The van der Waals surface area contributed by atoms with Gasteiger partial charge >= 0.3 is 186 Å². The van der Waals surface area contributed by atoms with Crippen LogP contribution in [0.2, 0.25) is 5.32 Å². The summed E-state index contributed by atoms with van der Waals surface area (Å²) in [5.41, 5.74) is 2.45. The van der Waals surface area contributed by atoms with E-state index in [1.807, 2.05) is 6.07 Å². The van der Waals surface area contributed by atoms with Gasteiger partial charge in [0, 0.05) is 0 Å². The first-order valence-electron chi connectivity index (χ1n) is 10.6. The Morgan fingerprint density at radius 1 is 0.833 bits per heavy atom. The molecule has 3 atom stereocenters. The summed E-state index contributed by atoms with van der Waals surface area (Å²) < 4.78 is 14.4. The summed E-state index contributed by atoms with van der Waals surface area (Å²) in [6, 6.07) is 31.8. The molecule has 3 aromatic rings. The molecule has 3 aromatic carbocycles. The van der Waals surface area contributed by atoms with Crippen molar-refractivity contribution in [2.24, 2.45) is 0 Å². The van der Waals surface area contributed by atoms with Crippen LogP contribution < -0.4 is 4.46 Å². The molecule has 0 aliphatic heterocycles. The van der Waals surface area contributed by atoms with Gasteiger partial charge < -0.3 is 0 Å². The van der Waals surface area contributed by atoms with Crippen molar-refractivity contribution in [2.45, 2.75) is 43.1 Å². The summed E-state index contributed by atoms with van der Waals surface area (Å²) in [5, 5.41) is 1.01. The zero-order valence-electron chi connectivity index (χ0n) is 17.1. The van der Waals surface area contributed by atoms with E-state index in [4.69, 9.17) is 9.47 Å². The third kappa shape index (κ3) is 6.17. The van der Waals surface area contributed by atoms with Crippen LogP contribution in [-0.2, 0) is 16.1 Å². The molecule has 0 spiro atoms. The van der Waals surface area contributed by atoms with Crippen LogP contribution in [0.4, 0.5) is 0 Å². The molecule has 0 bridgehead atoms. The van der Waals surface area contributed by atoms with Gasteiger partial charge in [-0.3, -0.25) is 0 Å². The van der Waals surface area contributed by atoms with Crippen LogP contribution >= 0.6 is 0 Å². The van der Waals surface area contributed by atoms with Crippen LogP contribution in [0, 0.1) is 0 Å². The fourth-order valence-corrected chi connectivity index (χ4v) is 5.65. The van der Waals surface area contributed by atoms with Crippen molar-refractivity contribution in [1.82, 2.24) is 0 Å². The Labute approximate surface area is 186 Å². The van der Waals surface area contributed by atoms with E-state index in [0.29, 0.717) is 21.6 Å². The Morgan fingerprint density at radius 2 is 1.50 bits per heavy atom. The maximum absolute atomic E-state index is 6.70. The molecule has 0 saturated carbocycles. The summed E-state index contributed by atoms with van der Waals surface area (Å²) >= 11 is 0.362. The SMILES string of the molecule is C1=C[C@@H](O[C@H](C[Se]c2ccccc2)c2ccccc2)[C@@H](OCc2ccccc2)CC1. The normalized spacial score (nSPS) is 19.5. The van der Waals surface area contributed by atoms with Gasteiger partial charge in [-0.25, -0.2) is 0 Å². The van der Waals surface area contributed by atoms with Gasteiger partial charge in [-0.1, -0.05) is 0 Å². The fourth-order valence-electron chi connectivity index (χ4n) is 3.63. The Kier molecular flexibility index (Phi) is 7.94. The molecule has 0 saturated heterocycles. The predicted molar refractivity (Wildman–Crippen MR) is 124 cm³/mol. The summed E-state index contributed by atoms with van der Waals surface area (Å²) in [4.78, 5) is 0. The molecular weight excluding hydrogens is 435 g/mol. The third-order valence-corrected chi connectivity index (χ3v) is 7.51. The molecule has 4 rings (SSSR count).